The average Bonchev–Trinajstić information content (AvgIpc) is 2.36. The SMILES string of the molecule is C=C(C)C(O)[C@@H](Cc1ccccc1)NC(=O)OC(C)(C)C. The van der Waals surface area contributed by atoms with Crippen molar-refractivity contribution in [3.63, 3.8) is 0 Å². The van der Waals surface area contributed by atoms with Crippen LogP contribution < -0.4 is 5.32 Å². The molecule has 1 aromatic rings. The lowest BCUT2D eigenvalue weighted by atomic mass is 9.98. The molecular weight excluding hydrogens is 266 g/mol. The van der Waals surface area contributed by atoms with Gasteiger partial charge in [-0.05, 0) is 39.7 Å². The zero-order valence-electron chi connectivity index (χ0n) is 13.2. The lowest BCUT2D eigenvalue weighted by Crippen LogP contribution is -2.47. The van der Waals surface area contributed by atoms with Crippen molar-refractivity contribution < 1.29 is 14.6 Å². The molecular formula is C17H25NO3. The fourth-order valence-electron chi connectivity index (χ4n) is 1.91. The third kappa shape index (κ3) is 6.45. The van der Waals surface area contributed by atoms with Crippen LogP contribution in [0.4, 0.5) is 4.79 Å². The number of benzene rings is 1. The Morgan fingerprint density at radius 1 is 1.33 bits per heavy atom. The number of carbonyl (C=O) groups excluding carboxylic acids is 1. The maximum Gasteiger partial charge on any atom is 0.407 e. The van der Waals surface area contributed by atoms with Gasteiger partial charge < -0.3 is 15.2 Å². The molecule has 1 rings (SSSR count). The molecule has 0 fully saturated rings. The highest BCUT2D eigenvalue weighted by Crippen LogP contribution is 2.13. The summed E-state index contributed by atoms with van der Waals surface area (Å²) in [6, 6.07) is 9.21. The molecule has 1 aromatic carbocycles. The lowest BCUT2D eigenvalue weighted by molar-refractivity contribution is 0.0449. The number of hydrogen-bond donors (Lipinski definition) is 2. The first kappa shape index (κ1) is 17.2. The van der Waals surface area contributed by atoms with Gasteiger partial charge in [-0.1, -0.05) is 42.5 Å². The smallest absolute Gasteiger partial charge is 0.407 e. The van der Waals surface area contributed by atoms with E-state index >= 15 is 0 Å². The molecule has 0 aromatic heterocycles. The zero-order chi connectivity index (χ0) is 16.0. The first-order valence-corrected chi connectivity index (χ1v) is 7.06. The number of aliphatic hydroxyl groups is 1. The van der Waals surface area contributed by atoms with Gasteiger partial charge in [-0.15, -0.1) is 0 Å². The Hall–Kier alpha value is -1.81. The van der Waals surface area contributed by atoms with Crippen molar-refractivity contribution in [3.8, 4) is 0 Å². The summed E-state index contributed by atoms with van der Waals surface area (Å²) in [5, 5.41) is 13.0. The van der Waals surface area contributed by atoms with E-state index in [0.29, 0.717) is 12.0 Å². The molecule has 0 saturated heterocycles. The molecule has 1 amide bonds. The van der Waals surface area contributed by atoms with Crippen LogP contribution in [0.25, 0.3) is 0 Å². The molecule has 4 nitrogen and oxygen atoms in total. The van der Waals surface area contributed by atoms with E-state index in [2.05, 4.69) is 11.9 Å². The van der Waals surface area contributed by atoms with Crippen molar-refractivity contribution in [1.82, 2.24) is 5.32 Å². The second-order valence-electron chi connectivity index (χ2n) is 6.23. The number of aliphatic hydroxyl groups excluding tert-OH is 1. The van der Waals surface area contributed by atoms with Gasteiger partial charge in [-0.25, -0.2) is 4.79 Å². The first-order chi connectivity index (χ1) is 9.69. The Bertz CT molecular complexity index is 477. The van der Waals surface area contributed by atoms with Crippen molar-refractivity contribution in [1.29, 1.82) is 0 Å². The maximum absolute atomic E-state index is 11.9. The molecule has 0 bridgehead atoms. The van der Waals surface area contributed by atoms with Crippen molar-refractivity contribution in [2.45, 2.75) is 51.9 Å². The fourth-order valence-corrected chi connectivity index (χ4v) is 1.91. The number of ether oxygens (including phenoxy) is 1. The van der Waals surface area contributed by atoms with E-state index in [1.54, 1.807) is 27.7 Å². The Balaban J connectivity index is 2.78. The summed E-state index contributed by atoms with van der Waals surface area (Å²) in [5.74, 6) is 0. The van der Waals surface area contributed by atoms with Gasteiger partial charge in [-0.3, -0.25) is 0 Å². The predicted octanol–water partition coefficient (Wildman–Crippen LogP) is 3.06. The standard InChI is InChI=1S/C17H25NO3/c1-12(2)15(19)14(11-13-9-7-6-8-10-13)18-16(20)21-17(3,4)5/h6-10,14-15,19H,1,11H2,2-5H3,(H,18,20)/t14-,15?/m1/s1. The van der Waals surface area contributed by atoms with Gasteiger partial charge in [0, 0.05) is 0 Å². The van der Waals surface area contributed by atoms with Gasteiger partial charge >= 0.3 is 6.09 Å². The monoisotopic (exact) mass is 291 g/mol. The normalized spacial score (nSPS) is 14.1. The zero-order valence-corrected chi connectivity index (χ0v) is 13.2. The highest BCUT2D eigenvalue weighted by molar-refractivity contribution is 5.68. The van der Waals surface area contributed by atoms with Crippen LogP contribution in [0.5, 0.6) is 0 Å². The molecule has 0 heterocycles. The van der Waals surface area contributed by atoms with Gasteiger partial charge in [0.25, 0.3) is 0 Å². The van der Waals surface area contributed by atoms with Crippen molar-refractivity contribution >= 4 is 6.09 Å². The Kier molecular flexibility index (Phi) is 5.97. The average molecular weight is 291 g/mol. The van der Waals surface area contributed by atoms with Gasteiger partial charge in [0.05, 0.1) is 12.1 Å². The largest absolute Gasteiger partial charge is 0.444 e. The highest BCUT2D eigenvalue weighted by atomic mass is 16.6. The molecule has 21 heavy (non-hydrogen) atoms. The van der Waals surface area contributed by atoms with Crippen LogP contribution in [0.15, 0.2) is 42.5 Å². The summed E-state index contributed by atoms with van der Waals surface area (Å²) in [6.45, 7) is 10.9. The maximum atomic E-state index is 11.9. The minimum Gasteiger partial charge on any atom is -0.444 e. The summed E-state index contributed by atoms with van der Waals surface area (Å²) in [6.07, 6.45) is -0.852. The molecule has 0 radical (unpaired) electrons. The number of alkyl carbamates (subject to hydrolysis) is 1. The molecule has 0 aliphatic carbocycles. The number of carbonyl (C=O) groups is 1. The van der Waals surface area contributed by atoms with E-state index in [9.17, 15) is 9.90 Å². The van der Waals surface area contributed by atoms with E-state index in [4.69, 9.17) is 4.74 Å². The third-order valence-corrected chi connectivity index (χ3v) is 2.89. The van der Waals surface area contributed by atoms with E-state index in [-0.39, 0.29) is 0 Å². The van der Waals surface area contributed by atoms with Gasteiger partial charge in [0.15, 0.2) is 0 Å². The van der Waals surface area contributed by atoms with Gasteiger partial charge in [0.2, 0.25) is 0 Å². The predicted molar refractivity (Wildman–Crippen MR) is 84.1 cm³/mol. The van der Waals surface area contributed by atoms with Crippen LogP contribution in [0.2, 0.25) is 0 Å². The quantitative estimate of drug-likeness (QED) is 0.820. The Labute approximate surface area is 126 Å². The topological polar surface area (TPSA) is 58.6 Å². The Morgan fingerprint density at radius 2 is 1.90 bits per heavy atom. The van der Waals surface area contributed by atoms with E-state index in [0.717, 1.165) is 5.56 Å². The van der Waals surface area contributed by atoms with Crippen LogP contribution >= 0.6 is 0 Å². The van der Waals surface area contributed by atoms with Crippen molar-refractivity contribution in [3.05, 3.63) is 48.0 Å². The number of hydrogen-bond acceptors (Lipinski definition) is 3. The summed E-state index contributed by atoms with van der Waals surface area (Å²) in [4.78, 5) is 11.9. The van der Waals surface area contributed by atoms with E-state index in [1.165, 1.54) is 0 Å². The van der Waals surface area contributed by atoms with Gasteiger partial charge in [0.1, 0.15) is 5.60 Å². The van der Waals surface area contributed by atoms with Crippen LogP contribution in [0.3, 0.4) is 0 Å². The van der Waals surface area contributed by atoms with Crippen LogP contribution in [-0.4, -0.2) is 28.9 Å². The first-order valence-electron chi connectivity index (χ1n) is 7.06. The molecule has 2 N–H and O–H groups in total. The molecule has 0 aliphatic heterocycles. The lowest BCUT2D eigenvalue weighted by Gasteiger charge is -2.27. The number of rotatable bonds is 5. The molecule has 1 unspecified atom stereocenters. The summed E-state index contributed by atoms with van der Waals surface area (Å²) in [7, 11) is 0. The Morgan fingerprint density at radius 3 is 2.38 bits per heavy atom. The number of amides is 1. The molecule has 0 spiro atoms. The summed E-state index contributed by atoms with van der Waals surface area (Å²) in [5.41, 5.74) is 1.06. The minimum atomic E-state index is -0.822. The minimum absolute atomic E-state index is 0.472. The van der Waals surface area contributed by atoms with Crippen LogP contribution in [0.1, 0.15) is 33.3 Å². The number of nitrogens with one attached hydrogen (secondary N) is 1. The second kappa shape index (κ2) is 7.27. The van der Waals surface area contributed by atoms with E-state index < -0.39 is 23.8 Å². The second-order valence-corrected chi connectivity index (χ2v) is 6.23. The van der Waals surface area contributed by atoms with Crippen molar-refractivity contribution in [2.75, 3.05) is 0 Å². The summed E-state index contributed by atoms with van der Waals surface area (Å²) < 4.78 is 5.24. The van der Waals surface area contributed by atoms with Gasteiger partial charge in [-0.2, -0.15) is 0 Å². The van der Waals surface area contributed by atoms with E-state index in [1.807, 2.05) is 30.3 Å². The molecule has 0 aliphatic rings. The van der Waals surface area contributed by atoms with Crippen LogP contribution in [-0.2, 0) is 11.2 Å². The fraction of sp³-hybridized carbons (Fsp3) is 0.471. The third-order valence-electron chi connectivity index (χ3n) is 2.89. The molecule has 116 valence electrons. The molecule has 0 saturated carbocycles. The molecule has 4 heteroatoms. The molecule has 2 atom stereocenters. The highest BCUT2D eigenvalue weighted by Gasteiger charge is 2.25. The van der Waals surface area contributed by atoms with Crippen LogP contribution in [0, 0.1) is 0 Å². The summed E-state index contributed by atoms with van der Waals surface area (Å²) >= 11 is 0. The van der Waals surface area contributed by atoms with Crippen molar-refractivity contribution in [2.24, 2.45) is 0 Å².